The molecule has 3 nitrogen and oxygen atoms in total. The summed E-state index contributed by atoms with van der Waals surface area (Å²) < 4.78 is 11.9. The van der Waals surface area contributed by atoms with Crippen LogP contribution in [0, 0.1) is 13.8 Å². The van der Waals surface area contributed by atoms with Gasteiger partial charge in [-0.15, -0.1) is 0 Å². The van der Waals surface area contributed by atoms with Crippen molar-refractivity contribution < 1.29 is 9.47 Å². The molecule has 3 aromatic carbocycles. The van der Waals surface area contributed by atoms with E-state index in [0.29, 0.717) is 6.61 Å². The van der Waals surface area contributed by atoms with Crippen LogP contribution in [0.25, 0.3) is 0 Å². The molecule has 3 rings (SSSR count). The maximum absolute atomic E-state index is 6.05. The van der Waals surface area contributed by atoms with Gasteiger partial charge in [0.1, 0.15) is 23.9 Å². The summed E-state index contributed by atoms with van der Waals surface area (Å²) in [5, 5.41) is 0. The van der Waals surface area contributed by atoms with Crippen molar-refractivity contribution in [1.29, 1.82) is 0 Å². The van der Waals surface area contributed by atoms with Crippen LogP contribution >= 0.6 is 0 Å². The van der Waals surface area contributed by atoms with Crippen molar-refractivity contribution in [2.24, 2.45) is 0 Å². The third-order valence-electron chi connectivity index (χ3n) is 3.76. The molecule has 0 bridgehead atoms. The maximum atomic E-state index is 6.05. The molecule has 24 heavy (non-hydrogen) atoms. The molecule has 0 amide bonds. The summed E-state index contributed by atoms with van der Waals surface area (Å²) >= 11 is 0. The number of ether oxygens (including phenoxy) is 2. The highest BCUT2D eigenvalue weighted by atomic mass is 16.5. The van der Waals surface area contributed by atoms with Crippen LogP contribution in [0.1, 0.15) is 16.7 Å². The Balaban J connectivity index is 1.74. The molecule has 3 aromatic rings. The molecule has 0 atom stereocenters. The second kappa shape index (κ2) is 7.09. The molecule has 0 heterocycles. The summed E-state index contributed by atoms with van der Waals surface area (Å²) in [6, 6.07) is 21.6. The smallest absolute Gasteiger partial charge is 0.133 e. The van der Waals surface area contributed by atoms with Gasteiger partial charge in [0.2, 0.25) is 0 Å². The first-order valence-corrected chi connectivity index (χ1v) is 7.93. The van der Waals surface area contributed by atoms with Crippen LogP contribution in [0.2, 0.25) is 0 Å². The van der Waals surface area contributed by atoms with Crippen LogP contribution in [0.5, 0.6) is 17.2 Å². The minimum absolute atomic E-state index is 0.532. The second-order valence-electron chi connectivity index (χ2n) is 5.84. The van der Waals surface area contributed by atoms with E-state index in [-0.39, 0.29) is 0 Å². The van der Waals surface area contributed by atoms with E-state index in [1.54, 1.807) is 0 Å². The topological polar surface area (TPSA) is 44.5 Å². The van der Waals surface area contributed by atoms with Gasteiger partial charge in [0.05, 0.1) is 0 Å². The zero-order chi connectivity index (χ0) is 16.9. The lowest BCUT2D eigenvalue weighted by atomic mass is 10.1. The van der Waals surface area contributed by atoms with Crippen LogP contribution < -0.4 is 15.2 Å². The third-order valence-corrected chi connectivity index (χ3v) is 3.76. The molecule has 0 aliphatic heterocycles. The number of aryl methyl sites for hydroxylation is 2. The highest BCUT2D eigenvalue weighted by Gasteiger charge is 2.07. The van der Waals surface area contributed by atoms with E-state index in [1.807, 2.05) is 80.6 Å². The Labute approximate surface area is 142 Å². The van der Waals surface area contributed by atoms with Gasteiger partial charge >= 0.3 is 0 Å². The van der Waals surface area contributed by atoms with E-state index in [0.717, 1.165) is 39.6 Å². The molecule has 0 spiro atoms. The number of rotatable bonds is 5. The van der Waals surface area contributed by atoms with Gasteiger partial charge in [-0.05, 0) is 54.8 Å². The normalized spacial score (nSPS) is 10.4. The van der Waals surface area contributed by atoms with Crippen molar-refractivity contribution in [1.82, 2.24) is 0 Å². The number of benzene rings is 3. The van der Waals surface area contributed by atoms with Crippen molar-refractivity contribution in [2.75, 3.05) is 5.73 Å². The molecule has 0 saturated carbocycles. The highest BCUT2D eigenvalue weighted by Crippen LogP contribution is 2.32. The average Bonchev–Trinajstić information content (AvgIpc) is 2.58. The monoisotopic (exact) mass is 319 g/mol. The molecule has 0 aliphatic rings. The third kappa shape index (κ3) is 3.87. The molecule has 2 N–H and O–H groups in total. The first kappa shape index (κ1) is 15.9. The predicted molar refractivity (Wildman–Crippen MR) is 97.6 cm³/mol. The van der Waals surface area contributed by atoms with Gasteiger partial charge in [-0.25, -0.2) is 0 Å². The van der Waals surface area contributed by atoms with Gasteiger partial charge in [-0.1, -0.05) is 36.4 Å². The van der Waals surface area contributed by atoms with Crippen molar-refractivity contribution in [3.05, 3.63) is 83.4 Å². The van der Waals surface area contributed by atoms with E-state index < -0.39 is 0 Å². The fraction of sp³-hybridized carbons (Fsp3) is 0.143. The molecule has 0 aromatic heterocycles. The summed E-state index contributed by atoms with van der Waals surface area (Å²) in [6.45, 7) is 4.52. The number of nitrogen functional groups attached to an aromatic ring is 1. The van der Waals surface area contributed by atoms with Crippen molar-refractivity contribution in [3.63, 3.8) is 0 Å². The largest absolute Gasteiger partial charge is 0.489 e. The Kier molecular flexibility index (Phi) is 4.71. The van der Waals surface area contributed by atoms with E-state index in [1.165, 1.54) is 0 Å². The predicted octanol–water partition coefficient (Wildman–Crippen LogP) is 5.26. The van der Waals surface area contributed by atoms with Crippen molar-refractivity contribution in [2.45, 2.75) is 20.5 Å². The number of anilines is 1. The maximum Gasteiger partial charge on any atom is 0.133 e. The summed E-state index contributed by atoms with van der Waals surface area (Å²) in [6.07, 6.45) is 0. The van der Waals surface area contributed by atoms with Crippen molar-refractivity contribution >= 4 is 5.69 Å². The molecule has 122 valence electrons. The van der Waals surface area contributed by atoms with E-state index in [2.05, 4.69) is 0 Å². The van der Waals surface area contributed by atoms with Gasteiger partial charge in [0.15, 0.2) is 0 Å². The molecule has 3 heteroatoms. The minimum atomic E-state index is 0.532. The van der Waals surface area contributed by atoms with Gasteiger partial charge in [-0.2, -0.15) is 0 Å². The second-order valence-corrected chi connectivity index (χ2v) is 5.84. The van der Waals surface area contributed by atoms with Crippen LogP contribution in [0.4, 0.5) is 5.69 Å². The Bertz CT molecular complexity index is 805. The van der Waals surface area contributed by atoms with Crippen LogP contribution in [0.15, 0.2) is 66.7 Å². The summed E-state index contributed by atoms with van der Waals surface area (Å²) in [7, 11) is 0. The summed E-state index contributed by atoms with van der Waals surface area (Å²) in [5.41, 5.74) is 9.78. The molecule has 0 radical (unpaired) electrons. The number of hydrogen-bond acceptors (Lipinski definition) is 3. The first-order chi connectivity index (χ1) is 11.6. The molecule has 0 aliphatic carbocycles. The molecular formula is C21H21NO2. The van der Waals surface area contributed by atoms with E-state index in [4.69, 9.17) is 15.2 Å². The summed E-state index contributed by atoms with van der Waals surface area (Å²) in [5.74, 6) is 2.36. The lowest BCUT2D eigenvalue weighted by Crippen LogP contribution is -1.96. The van der Waals surface area contributed by atoms with E-state index >= 15 is 0 Å². The van der Waals surface area contributed by atoms with Crippen LogP contribution in [-0.4, -0.2) is 0 Å². The zero-order valence-corrected chi connectivity index (χ0v) is 14.0. The lowest BCUT2D eigenvalue weighted by Gasteiger charge is -2.14. The molecule has 0 fully saturated rings. The molecule has 0 saturated heterocycles. The molecule has 0 unspecified atom stereocenters. The van der Waals surface area contributed by atoms with Gasteiger partial charge < -0.3 is 15.2 Å². The SMILES string of the molecule is Cc1cc(N)cc(C)c1Oc1cccc(OCc2ccccc2)c1. The van der Waals surface area contributed by atoms with Gasteiger partial charge in [0, 0.05) is 11.8 Å². The highest BCUT2D eigenvalue weighted by molar-refractivity contribution is 5.53. The molecular weight excluding hydrogens is 298 g/mol. The first-order valence-electron chi connectivity index (χ1n) is 7.93. The quantitative estimate of drug-likeness (QED) is 0.653. The number of hydrogen-bond donors (Lipinski definition) is 1. The van der Waals surface area contributed by atoms with Crippen LogP contribution in [-0.2, 0) is 6.61 Å². The van der Waals surface area contributed by atoms with E-state index in [9.17, 15) is 0 Å². The van der Waals surface area contributed by atoms with Crippen molar-refractivity contribution in [3.8, 4) is 17.2 Å². The van der Waals surface area contributed by atoms with Crippen LogP contribution in [0.3, 0.4) is 0 Å². The average molecular weight is 319 g/mol. The Morgan fingerprint density at radius 2 is 1.46 bits per heavy atom. The Hall–Kier alpha value is -2.94. The summed E-state index contributed by atoms with van der Waals surface area (Å²) in [4.78, 5) is 0. The number of nitrogens with two attached hydrogens (primary N) is 1. The lowest BCUT2D eigenvalue weighted by molar-refractivity contribution is 0.304. The standard InChI is InChI=1S/C21H21NO2/c1-15-11-18(22)12-16(2)21(15)24-20-10-6-9-19(13-20)23-14-17-7-4-3-5-8-17/h3-13H,14,22H2,1-2H3. The Morgan fingerprint density at radius 1 is 0.792 bits per heavy atom. The van der Waals surface area contributed by atoms with Gasteiger partial charge in [-0.3, -0.25) is 0 Å². The zero-order valence-electron chi connectivity index (χ0n) is 14.0. The fourth-order valence-electron chi connectivity index (χ4n) is 2.63. The Morgan fingerprint density at radius 3 is 2.17 bits per heavy atom. The van der Waals surface area contributed by atoms with Gasteiger partial charge in [0.25, 0.3) is 0 Å². The minimum Gasteiger partial charge on any atom is -0.489 e. The fourth-order valence-corrected chi connectivity index (χ4v) is 2.63.